The third-order valence-corrected chi connectivity index (χ3v) is 3.27. The SMILES string of the molecule is CNc1sc(C(=O)C(C)C)c(N)c1C#N. The lowest BCUT2D eigenvalue weighted by Crippen LogP contribution is -2.07. The van der Waals surface area contributed by atoms with E-state index in [1.54, 1.807) is 7.05 Å². The predicted octanol–water partition coefficient (Wildman–Crippen LogP) is 2.08. The highest BCUT2D eigenvalue weighted by Crippen LogP contribution is 2.36. The Morgan fingerprint density at radius 1 is 1.60 bits per heavy atom. The molecule has 1 aromatic heterocycles. The summed E-state index contributed by atoms with van der Waals surface area (Å²) < 4.78 is 0. The Labute approximate surface area is 92.7 Å². The van der Waals surface area contributed by atoms with Crippen LogP contribution in [0.3, 0.4) is 0 Å². The molecule has 3 N–H and O–H groups in total. The van der Waals surface area contributed by atoms with Crippen molar-refractivity contribution in [1.29, 1.82) is 5.26 Å². The molecule has 1 heterocycles. The molecule has 0 aliphatic rings. The number of nitrogens with one attached hydrogen (secondary N) is 1. The van der Waals surface area contributed by atoms with Gasteiger partial charge in [0.1, 0.15) is 16.6 Å². The number of rotatable bonds is 3. The maximum atomic E-state index is 11.8. The number of carbonyl (C=O) groups is 1. The van der Waals surface area contributed by atoms with Crippen molar-refractivity contribution in [2.75, 3.05) is 18.1 Å². The molecule has 0 fully saturated rings. The number of carbonyl (C=O) groups excluding carboxylic acids is 1. The minimum atomic E-state index is -0.109. The molecule has 0 unspecified atom stereocenters. The van der Waals surface area contributed by atoms with Gasteiger partial charge in [-0.1, -0.05) is 13.8 Å². The second-order valence-electron chi connectivity index (χ2n) is 3.43. The van der Waals surface area contributed by atoms with Gasteiger partial charge in [0.25, 0.3) is 0 Å². The van der Waals surface area contributed by atoms with E-state index in [1.165, 1.54) is 11.3 Å². The molecular weight excluding hydrogens is 210 g/mol. The van der Waals surface area contributed by atoms with Crippen LogP contribution in [0.15, 0.2) is 0 Å². The van der Waals surface area contributed by atoms with Crippen molar-refractivity contribution in [3.05, 3.63) is 10.4 Å². The van der Waals surface area contributed by atoms with Gasteiger partial charge in [-0.05, 0) is 0 Å². The largest absolute Gasteiger partial charge is 0.396 e. The highest BCUT2D eigenvalue weighted by atomic mass is 32.1. The van der Waals surface area contributed by atoms with Crippen molar-refractivity contribution in [3.63, 3.8) is 0 Å². The molecule has 1 aromatic rings. The molecule has 15 heavy (non-hydrogen) atoms. The minimum absolute atomic E-state index is 0.0181. The van der Waals surface area contributed by atoms with E-state index in [-0.39, 0.29) is 11.7 Å². The Morgan fingerprint density at radius 2 is 2.20 bits per heavy atom. The van der Waals surface area contributed by atoms with E-state index in [0.717, 1.165) is 0 Å². The van der Waals surface area contributed by atoms with Crippen molar-refractivity contribution >= 4 is 27.8 Å². The molecule has 0 amide bonds. The van der Waals surface area contributed by atoms with Gasteiger partial charge in [-0.2, -0.15) is 5.26 Å². The minimum Gasteiger partial charge on any atom is -0.396 e. The molecule has 0 radical (unpaired) electrons. The monoisotopic (exact) mass is 223 g/mol. The zero-order valence-electron chi connectivity index (χ0n) is 8.92. The van der Waals surface area contributed by atoms with E-state index in [9.17, 15) is 4.79 Å². The van der Waals surface area contributed by atoms with Gasteiger partial charge >= 0.3 is 0 Å². The predicted molar refractivity (Wildman–Crippen MR) is 62.2 cm³/mol. The smallest absolute Gasteiger partial charge is 0.177 e. The summed E-state index contributed by atoms with van der Waals surface area (Å²) in [4.78, 5) is 12.2. The van der Waals surface area contributed by atoms with Gasteiger partial charge < -0.3 is 11.1 Å². The first-order valence-corrected chi connectivity index (χ1v) is 5.38. The second kappa shape index (κ2) is 4.32. The fraction of sp³-hybridized carbons (Fsp3) is 0.400. The van der Waals surface area contributed by atoms with E-state index < -0.39 is 0 Å². The molecule has 0 aliphatic carbocycles. The van der Waals surface area contributed by atoms with E-state index in [0.29, 0.717) is 21.1 Å². The van der Waals surface area contributed by atoms with Crippen LogP contribution in [0.5, 0.6) is 0 Å². The van der Waals surface area contributed by atoms with Gasteiger partial charge in [-0.3, -0.25) is 4.79 Å². The molecular formula is C10H13N3OS. The fourth-order valence-electron chi connectivity index (χ4n) is 1.18. The van der Waals surface area contributed by atoms with Crippen molar-refractivity contribution < 1.29 is 4.79 Å². The van der Waals surface area contributed by atoms with Crippen LogP contribution in [-0.4, -0.2) is 12.8 Å². The van der Waals surface area contributed by atoms with Crippen LogP contribution >= 0.6 is 11.3 Å². The summed E-state index contributed by atoms with van der Waals surface area (Å²) in [6.45, 7) is 3.62. The van der Waals surface area contributed by atoms with Crippen LogP contribution < -0.4 is 11.1 Å². The van der Waals surface area contributed by atoms with Crippen molar-refractivity contribution in [2.24, 2.45) is 5.92 Å². The quantitative estimate of drug-likeness (QED) is 0.769. The van der Waals surface area contributed by atoms with Crippen LogP contribution in [-0.2, 0) is 0 Å². The number of thiophene rings is 1. The number of hydrogen-bond acceptors (Lipinski definition) is 5. The van der Waals surface area contributed by atoms with E-state index in [1.807, 2.05) is 19.9 Å². The van der Waals surface area contributed by atoms with Gasteiger partial charge in [0.15, 0.2) is 5.78 Å². The fourth-order valence-corrected chi connectivity index (χ4v) is 2.29. The lowest BCUT2D eigenvalue weighted by molar-refractivity contribution is 0.0944. The number of hydrogen-bond donors (Lipinski definition) is 2. The Hall–Kier alpha value is -1.54. The first-order valence-electron chi connectivity index (χ1n) is 4.57. The van der Waals surface area contributed by atoms with Crippen LogP contribution in [0.25, 0.3) is 0 Å². The van der Waals surface area contributed by atoms with Gasteiger partial charge in [-0.25, -0.2) is 0 Å². The number of nitrogens with zero attached hydrogens (tertiary/aromatic N) is 1. The number of nitrogens with two attached hydrogens (primary N) is 1. The number of ketones is 1. The zero-order chi connectivity index (χ0) is 11.6. The summed E-state index contributed by atoms with van der Waals surface area (Å²) in [6.07, 6.45) is 0. The summed E-state index contributed by atoms with van der Waals surface area (Å²) >= 11 is 1.24. The Bertz CT molecular complexity index is 429. The normalized spacial score (nSPS) is 10.1. The third-order valence-electron chi connectivity index (χ3n) is 2.03. The Balaban J connectivity index is 3.29. The first kappa shape index (κ1) is 11.5. The molecule has 0 atom stereocenters. The average Bonchev–Trinajstić information content (AvgIpc) is 2.53. The van der Waals surface area contributed by atoms with Crippen molar-refractivity contribution in [2.45, 2.75) is 13.8 Å². The topological polar surface area (TPSA) is 78.9 Å². The number of anilines is 2. The molecule has 5 heteroatoms. The van der Waals surface area contributed by atoms with Gasteiger partial charge in [-0.15, -0.1) is 11.3 Å². The molecule has 4 nitrogen and oxygen atoms in total. The molecule has 0 saturated heterocycles. The molecule has 0 bridgehead atoms. The first-order chi connectivity index (χ1) is 7.02. The number of nitriles is 1. The van der Waals surface area contributed by atoms with Gasteiger partial charge in [0.05, 0.1) is 10.6 Å². The summed E-state index contributed by atoms with van der Waals surface area (Å²) in [5.74, 6) is -0.127. The highest BCUT2D eigenvalue weighted by Gasteiger charge is 2.21. The highest BCUT2D eigenvalue weighted by molar-refractivity contribution is 7.19. The lowest BCUT2D eigenvalue weighted by atomic mass is 10.1. The van der Waals surface area contributed by atoms with Crippen LogP contribution in [0.2, 0.25) is 0 Å². The van der Waals surface area contributed by atoms with Crippen LogP contribution in [0.4, 0.5) is 10.7 Å². The lowest BCUT2D eigenvalue weighted by Gasteiger charge is -2.01. The summed E-state index contributed by atoms with van der Waals surface area (Å²) in [5, 5.41) is 12.4. The van der Waals surface area contributed by atoms with Crippen molar-refractivity contribution in [1.82, 2.24) is 0 Å². The van der Waals surface area contributed by atoms with E-state index >= 15 is 0 Å². The maximum Gasteiger partial charge on any atom is 0.177 e. The van der Waals surface area contributed by atoms with Crippen LogP contribution in [0.1, 0.15) is 29.1 Å². The zero-order valence-corrected chi connectivity index (χ0v) is 9.73. The molecule has 80 valence electrons. The van der Waals surface area contributed by atoms with Crippen LogP contribution in [0, 0.1) is 17.2 Å². The number of Topliss-reactive ketones (excluding diaryl/α,β-unsaturated/α-hetero) is 1. The Morgan fingerprint density at radius 3 is 2.53 bits per heavy atom. The third kappa shape index (κ3) is 1.95. The van der Waals surface area contributed by atoms with E-state index in [4.69, 9.17) is 11.0 Å². The van der Waals surface area contributed by atoms with Crippen molar-refractivity contribution in [3.8, 4) is 6.07 Å². The number of nitrogen functional groups attached to an aromatic ring is 1. The van der Waals surface area contributed by atoms with Gasteiger partial charge in [0.2, 0.25) is 0 Å². The van der Waals surface area contributed by atoms with E-state index in [2.05, 4.69) is 5.32 Å². The maximum absolute atomic E-state index is 11.8. The molecule has 0 spiro atoms. The average molecular weight is 223 g/mol. The molecule has 0 aromatic carbocycles. The summed E-state index contributed by atoms with van der Waals surface area (Å²) in [7, 11) is 1.70. The Kier molecular flexibility index (Phi) is 3.32. The second-order valence-corrected chi connectivity index (χ2v) is 4.45. The molecule has 1 rings (SSSR count). The summed E-state index contributed by atoms with van der Waals surface area (Å²) in [6, 6.07) is 2.00. The molecule has 0 aliphatic heterocycles. The van der Waals surface area contributed by atoms with Gasteiger partial charge in [0, 0.05) is 13.0 Å². The standard InChI is InChI=1S/C10H13N3OS/c1-5(2)8(14)9-7(12)6(4-11)10(13-3)15-9/h5,13H,12H2,1-3H3. The summed E-state index contributed by atoms with van der Waals surface area (Å²) in [5.41, 5.74) is 6.42. The molecule has 0 saturated carbocycles.